The minimum atomic E-state index is -0.406. The van der Waals surface area contributed by atoms with Gasteiger partial charge in [0.15, 0.2) is 5.82 Å². The third-order valence-corrected chi connectivity index (χ3v) is 2.45. The molecular weight excluding hydrogens is 192 g/mol. The maximum atomic E-state index is 5.41. The fourth-order valence-corrected chi connectivity index (χ4v) is 1.43. The van der Waals surface area contributed by atoms with Gasteiger partial charge in [0.2, 0.25) is 5.95 Å². The van der Waals surface area contributed by atoms with Crippen LogP contribution in [0.3, 0.4) is 0 Å². The van der Waals surface area contributed by atoms with Crippen molar-refractivity contribution in [2.24, 2.45) is 0 Å². The lowest BCUT2D eigenvalue weighted by Crippen LogP contribution is -2.25. The van der Waals surface area contributed by atoms with E-state index in [1.165, 1.54) is 0 Å². The topological polar surface area (TPSA) is 52.0 Å². The second-order valence-electron chi connectivity index (χ2n) is 3.84. The molecule has 1 heterocycles. The molecule has 0 fully saturated rings. The summed E-state index contributed by atoms with van der Waals surface area (Å²) >= 11 is 0. The minimum absolute atomic E-state index is 0.406. The van der Waals surface area contributed by atoms with Crippen LogP contribution in [-0.2, 0) is 16.9 Å². The summed E-state index contributed by atoms with van der Waals surface area (Å²) < 4.78 is 7.44. The molecule has 5 heteroatoms. The van der Waals surface area contributed by atoms with Crippen molar-refractivity contribution in [2.45, 2.75) is 39.8 Å². The highest BCUT2D eigenvalue weighted by Crippen LogP contribution is 2.23. The molecule has 1 rings (SSSR count). The number of aromatic nitrogens is 3. The number of nitrogens with zero attached hydrogens (tertiary/aromatic N) is 3. The lowest BCUT2D eigenvalue weighted by atomic mass is 10.1. The van der Waals surface area contributed by atoms with Crippen molar-refractivity contribution in [3.05, 3.63) is 5.82 Å². The zero-order valence-corrected chi connectivity index (χ0v) is 10.2. The molecule has 0 amide bonds. The first-order valence-corrected chi connectivity index (χ1v) is 5.29. The first kappa shape index (κ1) is 12.0. The van der Waals surface area contributed by atoms with Crippen molar-refractivity contribution in [3.8, 4) is 0 Å². The molecule has 0 aliphatic carbocycles. The molecule has 86 valence electrons. The standard InChI is InChI=1S/C10H20N4O/c1-6-11-9-13-12-8(14(9)7-2)10(3,4)15-5/h6-7H2,1-5H3,(H,11,13). The Hall–Kier alpha value is -1.10. The molecule has 0 aliphatic rings. The van der Waals surface area contributed by atoms with E-state index in [0.29, 0.717) is 0 Å². The number of hydrogen-bond acceptors (Lipinski definition) is 4. The van der Waals surface area contributed by atoms with Gasteiger partial charge in [0, 0.05) is 20.2 Å². The Morgan fingerprint density at radius 3 is 2.47 bits per heavy atom. The third-order valence-electron chi connectivity index (χ3n) is 2.45. The SMILES string of the molecule is CCNc1nnc(C(C)(C)OC)n1CC. The molecule has 1 aromatic heterocycles. The molecule has 0 saturated heterocycles. The minimum Gasteiger partial charge on any atom is -0.371 e. The van der Waals surface area contributed by atoms with Crippen molar-refractivity contribution >= 4 is 5.95 Å². The highest BCUT2D eigenvalue weighted by molar-refractivity contribution is 5.26. The van der Waals surface area contributed by atoms with Gasteiger partial charge >= 0.3 is 0 Å². The summed E-state index contributed by atoms with van der Waals surface area (Å²) in [7, 11) is 1.68. The van der Waals surface area contributed by atoms with Gasteiger partial charge in [-0.3, -0.25) is 4.57 Å². The Bertz CT molecular complexity index is 319. The summed E-state index contributed by atoms with van der Waals surface area (Å²) in [5, 5.41) is 11.5. The zero-order valence-electron chi connectivity index (χ0n) is 10.2. The summed E-state index contributed by atoms with van der Waals surface area (Å²) in [6, 6.07) is 0. The van der Waals surface area contributed by atoms with E-state index in [0.717, 1.165) is 24.9 Å². The highest BCUT2D eigenvalue weighted by Gasteiger charge is 2.27. The maximum absolute atomic E-state index is 5.41. The molecule has 0 spiro atoms. The van der Waals surface area contributed by atoms with Crippen LogP contribution in [0, 0.1) is 0 Å². The maximum Gasteiger partial charge on any atom is 0.224 e. The normalized spacial score (nSPS) is 11.8. The van der Waals surface area contributed by atoms with Gasteiger partial charge in [-0.2, -0.15) is 0 Å². The third kappa shape index (κ3) is 2.28. The molecule has 1 N–H and O–H groups in total. The molecule has 0 saturated carbocycles. The molecule has 0 bridgehead atoms. The molecule has 0 aromatic carbocycles. The van der Waals surface area contributed by atoms with E-state index < -0.39 is 5.60 Å². The van der Waals surface area contributed by atoms with Crippen LogP contribution in [0.25, 0.3) is 0 Å². The number of ether oxygens (including phenoxy) is 1. The molecule has 0 aliphatic heterocycles. The summed E-state index contributed by atoms with van der Waals surface area (Å²) in [6.45, 7) is 9.75. The summed E-state index contributed by atoms with van der Waals surface area (Å²) in [4.78, 5) is 0. The smallest absolute Gasteiger partial charge is 0.224 e. The predicted octanol–water partition coefficient (Wildman–Crippen LogP) is 1.61. The first-order valence-electron chi connectivity index (χ1n) is 5.29. The second kappa shape index (κ2) is 4.61. The van der Waals surface area contributed by atoms with Crippen LogP contribution in [0.15, 0.2) is 0 Å². The van der Waals surface area contributed by atoms with E-state index in [-0.39, 0.29) is 0 Å². The van der Waals surface area contributed by atoms with E-state index >= 15 is 0 Å². The van der Waals surface area contributed by atoms with Crippen molar-refractivity contribution in [2.75, 3.05) is 19.0 Å². The largest absolute Gasteiger partial charge is 0.371 e. The zero-order chi connectivity index (χ0) is 11.5. The molecule has 0 atom stereocenters. The van der Waals surface area contributed by atoms with Crippen molar-refractivity contribution in [1.82, 2.24) is 14.8 Å². The van der Waals surface area contributed by atoms with Gasteiger partial charge in [-0.1, -0.05) is 0 Å². The van der Waals surface area contributed by atoms with E-state index in [1.54, 1.807) is 7.11 Å². The summed E-state index contributed by atoms with van der Waals surface area (Å²) in [5.41, 5.74) is -0.406. The number of nitrogens with one attached hydrogen (secondary N) is 1. The van der Waals surface area contributed by atoms with E-state index in [9.17, 15) is 0 Å². The van der Waals surface area contributed by atoms with Crippen molar-refractivity contribution in [1.29, 1.82) is 0 Å². The fraction of sp³-hybridized carbons (Fsp3) is 0.800. The lowest BCUT2D eigenvalue weighted by molar-refractivity contribution is 0.00845. The summed E-state index contributed by atoms with van der Waals surface area (Å²) in [5.74, 6) is 1.66. The van der Waals surface area contributed by atoms with Crippen LogP contribution < -0.4 is 5.32 Å². The molecule has 15 heavy (non-hydrogen) atoms. The lowest BCUT2D eigenvalue weighted by Gasteiger charge is -2.22. The Morgan fingerprint density at radius 1 is 1.33 bits per heavy atom. The average molecular weight is 212 g/mol. The monoisotopic (exact) mass is 212 g/mol. The second-order valence-corrected chi connectivity index (χ2v) is 3.84. The Balaban J connectivity index is 3.09. The Kier molecular flexibility index (Phi) is 3.68. The first-order chi connectivity index (χ1) is 7.06. The fourth-order valence-electron chi connectivity index (χ4n) is 1.43. The molecule has 0 unspecified atom stereocenters. The van der Waals surface area contributed by atoms with Crippen molar-refractivity contribution in [3.63, 3.8) is 0 Å². The van der Waals surface area contributed by atoms with Gasteiger partial charge < -0.3 is 10.1 Å². The number of hydrogen-bond donors (Lipinski definition) is 1. The van der Waals surface area contributed by atoms with Crippen LogP contribution in [0.1, 0.15) is 33.5 Å². The Labute approximate surface area is 90.8 Å². The van der Waals surface area contributed by atoms with Crippen LogP contribution in [0.2, 0.25) is 0 Å². The van der Waals surface area contributed by atoms with Gasteiger partial charge in [-0.05, 0) is 27.7 Å². The van der Waals surface area contributed by atoms with Gasteiger partial charge in [0.05, 0.1) is 0 Å². The number of anilines is 1. The average Bonchev–Trinajstić information content (AvgIpc) is 2.62. The molecule has 5 nitrogen and oxygen atoms in total. The quantitative estimate of drug-likeness (QED) is 0.805. The van der Waals surface area contributed by atoms with Gasteiger partial charge in [0.25, 0.3) is 0 Å². The van der Waals surface area contributed by atoms with Gasteiger partial charge in [-0.15, -0.1) is 10.2 Å². The molecule has 0 radical (unpaired) electrons. The van der Waals surface area contributed by atoms with Crippen LogP contribution in [0.5, 0.6) is 0 Å². The number of rotatable bonds is 5. The van der Waals surface area contributed by atoms with E-state index in [4.69, 9.17) is 4.74 Å². The number of methoxy groups -OCH3 is 1. The van der Waals surface area contributed by atoms with Crippen LogP contribution in [0.4, 0.5) is 5.95 Å². The highest BCUT2D eigenvalue weighted by atomic mass is 16.5. The molecular formula is C10H20N4O. The van der Waals surface area contributed by atoms with Crippen LogP contribution in [-0.4, -0.2) is 28.4 Å². The van der Waals surface area contributed by atoms with E-state index in [1.807, 2.05) is 25.3 Å². The van der Waals surface area contributed by atoms with Gasteiger partial charge in [-0.25, -0.2) is 0 Å². The predicted molar refractivity (Wildman–Crippen MR) is 59.9 cm³/mol. The molecule has 1 aromatic rings. The van der Waals surface area contributed by atoms with Crippen LogP contribution >= 0.6 is 0 Å². The van der Waals surface area contributed by atoms with Crippen molar-refractivity contribution < 1.29 is 4.74 Å². The van der Waals surface area contributed by atoms with Gasteiger partial charge in [0.1, 0.15) is 5.60 Å². The Morgan fingerprint density at radius 2 is 2.00 bits per heavy atom. The van der Waals surface area contributed by atoms with E-state index in [2.05, 4.69) is 22.4 Å². The summed E-state index contributed by atoms with van der Waals surface area (Å²) in [6.07, 6.45) is 0.